The summed E-state index contributed by atoms with van der Waals surface area (Å²) < 4.78 is 12.9. The van der Waals surface area contributed by atoms with Gasteiger partial charge in [0.15, 0.2) is 0 Å². The van der Waals surface area contributed by atoms with E-state index in [0.717, 1.165) is 24.5 Å². The normalized spacial score (nSPS) is 10.5. The van der Waals surface area contributed by atoms with Crippen molar-refractivity contribution in [1.82, 2.24) is 10.3 Å². The van der Waals surface area contributed by atoms with Gasteiger partial charge in [-0.25, -0.2) is 9.37 Å². The van der Waals surface area contributed by atoms with Crippen LogP contribution in [0.4, 0.5) is 10.2 Å². The molecule has 1 heterocycles. The summed E-state index contributed by atoms with van der Waals surface area (Å²) in [5.74, 6) is 0.425. The van der Waals surface area contributed by atoms with Crippen molar-refractivity contribution >= 4 is 11.7 Å². The van der Waals surface area contributed by atoms with E-state index in [9.17, 15) is 9.18 Å². The SMILES string of the molecule is CCN(Cc1ccccc1)c1ccc(C(=O)NCCc2ccc(F)cc2)cn1. The summed E-state index contributed by atoms with van der Waals surface area (Å²) in [6.07, 6.45) is 2.26. The van der Waals surface area contributed by atoms with Crippen LogP contribution >= 0.6 is 0 Å². The minimum atomic E-state index is -0.257. The van der Waals surface area contributed by atoms with E-state index in [2.05, 4.69) is 34.3 Å². The lowest BCUT2D eigenvalue weighted by molar-refractivity contribution is 0.0954. The van der Waals surface area contributed by atoms with Gasteiger partial charge >= 0.3 is 0 Å². The van der Waals surface area contributed by atoms with Crippen LogP contribution in [0.1, 0.15) is 28.4 Å². The van der Waals surface area contributed by atoms with Crippen molar-refractivity contribution in [2.24, 2.45) is 0 Å². The number of carbonyl (C=O) groups excluding carboxylic acids is 1. The molecule has 3 rings (SSSR count). The summed E-state index contributed by atoms with van der Waals surface area (Å²) in [4.78, 5) is 18.9. The molecule has 0 aliphatic carbocycles. The third-order valence-electron chi connectivity index (χ3n) is 4.54. The summed E-state index contributed by atoms with van der Waals surface area (Å²) in [7, 11) is 0. The smallest absolute Gasteiger partial charge is 0.252 e. The largest absolute Gasteiger partial charge is 0.353 e. The fourth-order valence-corrected chi connectivity index (χ4v) is 2.94. The summed E-state index contributed by atoms with van der Waals surface area (Å²) in [5.41, 5.74) is 2.72. The lowest BCUT2D eigenvalue weighted by atomic mass is 10.1. The number of benzene rings is 2. The lowest BCUT2D eigenvalue weighted by Gasteiger charge is -2.22. The Balaban J connectivity index is 1.55. The molecule has 0 saturated carbocycles. The highest BCUT2D eigenvalue weighted by molar-refractivity contribution is 5.94. The molecule has 0 radical (unpaired) electrons. The van der Waals surface area contributed by atoms with Crippen molar-refractivity contribution in [3.8, 4) is 0 Å². The number of hydrogen-bond acceptors (Lipinski definition) is 3. The van der Waals surface area contributed by atoms with Crippen molar-refractivity contribution in [1.29, 1.82) is 0 Å². The Labute approximate surface area is 165 Å². The molecule has 0 aliphatic heterocycles. The molecular formula is C23H24FN3O. The second-order valence-electron chi connectivity index (χ2n) is 6.54. The van der Waals surface area contributed by atoms with Crippen LogP contribution in [0.5, 0.6) is 0 Å². The molecule has 1 aromatic heterocycles. The Morgan fingerprint density at radius 2 is 1.75 bits per heavy atom. The minimum Gasteiger partial charge on any atom is -0.353 e. The van der Waals surface area contributed by atoms with E-state index >= 15 is 0 Å². The predicted molar refractivity (Wildman–Crippen MR) is 110 cm³/mol. The average molecular weight is 377 g/mol. The van der Waals surface area contributed by atoms with Gasteiger partial charge in [0.05, 0.1) is 5.56 Å². The Hall–Kier alpha value is -3.21. The summed E-state index contributed by atoms with van der Waals surface area (Å²) in [5, 5.41) is 2.88. The Kier molecular flexibility index (Phi) is 6.73. The highest BCUT2D eigenvalue weighted by Gasteiger charge is 2.10. The molecular weight excluding hydrogens is 353 g/mol. The molecule has 144 valence electrons. The molecule has 0 saturated heterocycles. The number of nitrogens with one attached hydrogen (secondary N) is 1. The van der Waals surface area contributed by atoms with Gasteiger partial charge in [0.25, 0.3) is 5.91 Å². The van der Waals surface area contributed by atoms with Crippen LogP contribution in [0.3, 0.4) is 0 Å². The van der Waals surface area contributed by atoms with Gasteiger partial charge < -0.3 is 10.2 Å². The molecule has 0 bridgehead atoms. The molecule has 0 fully saturated rings. The van der Waals surface area contributed by atoms with Crippen molar-refractivity contribution in [2.75, 3.05) is 18.0 Å². The molecule has 0 aliphatic rings. The van der Waals surface area contributed by atoms with E-state index in [1.54, 1.807) is 24.4 Å². The van der Waals surface area contributed by atoms with E-state index in [0.29, 0.717) is 18.5 Å². The molecule has 0 atom stereocenters. The third kappa shape index (κ3) is 5.39. The summed E-state index contributed by atoms with van der Waals surface area (Å²) in [6.45, 7) is 4.17. The minimum absolute atomic E-state index is 0.160. The number of aromatic nitrogens is 1. The standard InChI is InChI=1S/C23H24FN3O/c1-2-27(17-19-6-4-3-5-7-19)22-13-10-20(16-26-22)23(28)25-15-14-18-8-11-21(24)12-9-18/h3-13,16H,2,14-15,17H2,1H3,(H,25,28). The van der Waals surface area contributed by atoms with Crippen molar-refractivity contribution in [3.05, 3.63) is 95.4 Å². The predicted octanol–water partition coefficient (Wildman–Crippen LogP) is 4.22. The van der Waals surface area contributed by atoms with Crippen LogP contribution in [0.25, 0.3) is 0 Å². The first kappa shape index (κ1) is 19.5. The van der Waals surface area contributed by atoms with Crippen LogP contribution in [0, 0.1) is 5.82 Å². The van der Waals surface area contributed by atoms with E-state index < -0.39 is 0 Å². The first-order valence-corrected chi connectivity index (χ1v) is 9.43. The second kappa shape index (κ2) is 9.65. The van der Waals surface area contributed by atoms with Crippen LogP contribution in [0.2, 0.25) is 0 Å². The number of anilines is 1. The van der Waals surface area contributed by atoms with E-state index in [1.165, 1.54) is 17.7 Å². The second-order valence-corrected chi connectivity index (χ2v) is 6.54. The van der Waals surface area contributed by atoms with Gasteiger partial charge in [0.1, 0.15) is 11.6 Å². The summed E-state index contributed by atoms with van der Waals surface area (Å²) >= 11 is 0. The van der Waals surface area contributed by atoms with Gasteiger partial charge in [-0.05, 0) is 48.7 Å². The van der Waals surface area contributed by atoms with Crippen LogP contribution in [0.15, 0.2) is 72.9 Å². The molecule has 3 aromatic rings. The molecule has 1 N–H and O–H groups in total. The molecule has 0 spiro atoms. The molecule has 5 heteroatoms. The maximum absolute atomic E-state index is 12.9. The monoisotopic (exact) mass is 377 g/mol. The van der Waals surface area contributed by atoms with Gasteiger partial charge in [-0.3, -0.25) is 4.79 Å². The van der Waals surface area contributed by atoms with Crippen LogP contribution in [-0.4, -0.2) is 24.0 Å². The van der Waals surface area contributed by atoms with Crippen LogP contribution in [-0.2, 0) is 13.0 Å². The fourth-order valence-electron chi connectivity index (χ4n) is 2.94. The van der Waals surface area contributed by atoms with Crippen molar-refractivity contribution in [2.45, 2.75) is 19.9 Å². The molecule has 4 nitrogen and oxygen atoms in total. The zero-order chi connectivity index (χ0) is 19.8. The number of carbonyl (C=O) groups is 1. The number of halogens is 1. The van der Waals surface area contributed by atoms with E-state index in [4.69, 9.17) is 0 Å². The van der Waals surface area contributed by atoms with Gasteiger partial charge in [-0.1, -0.05) is 42.5 Å². The number of amides is 1. The number of rotatable bonds is 8. The number of pyridine rings is 1. The zero-order valence-electron chi connectivity index (χ0n) is 15.9. The van der Waals surface area contributed by atoms with Gasteiger partial charge in [0, 0.05) is 25.8 Å². The molecule has 1 amide bonds. The first-order valence-electron chi connectivity index (χ1n) is 9.43. The average Bonchev–Trinajstić information content (AvgIpc) is 2.74. The van der Waals surface area contributed by atoms with E-state index in [-0.39, 0.29) is 11.7 Å². The Morgan fingerprint density at radius 3 is 2.39 bits per heavy atom. The lowest BCUT2D eigenvalue weighted by Crippen LogP contribution is -2.26. The molecule has 0 unspecified atom stereocenters. The number of nitrogens with zero attached hydrogens (tertiary/aromatic N) is 2. The Morgan fingerprint density at radius 1 is 1.00 bits per heavy atom. The zero-order valence-corrected chi connectivity index (χ0v) is 15.9. The third-order valence-corrected chi connectivity index (χ3v) is 4.54. The highest BCUT2D eigenvalue weighted by atomic mass is 19.1. The quantitative estimate of drug-likeness (QED) is 0.639. The van der Waals surface area contributed by atoms with Crippen molar-refractivity contribution in [3.63, 3.8) is 0 Å². The molecule has 28 heavy (non-hydrogen) atoms. The van der Waals surface area contributed by atoms with Crippen LogP contribution < -0.4 is 10.2 Å². The van der Waals surface area contributed by atoms with Gasteiger partial charge in [-0.2, -0.15) is 0 Å². The van der Waals surface area contributed by atoms with Crippen molar-refractivity contribution < 1.29 is 9.18 Å². The fraction of sp³-hybridized carbons (Fsp3) is 0.217. The van der Waals surface area contributed by atoms with Gasteiger partial charge in [0.2, 0.25) is 0 Å². The summed E-state index contributed by atoms with van der Waals surface area (Å²) in [6, 6.07) is 20.2. The maximum Gasteiger partial charge on any atom is 0.252 e. The van der Waals surface area contributed by atoms with E-state index in [1.807, 2.05) is 24.3 Å². The number of hydrogen-bond donors (Lipinski definition) is 1. The topological polar surface area (TPSA) is 45.2 Å². The maximum atomic E-state index is 12.9. The highest BCUT2D eigenvalue weighted by Crippen LogP contribution is 2.15. The Bertz CT molecular complexity index is 880. The molecule has 2 aromatic carbocycles. The van der Waals surface area contributed by atoms with Gasteiger partial charge in [-0.15, -0.1) is 0 Å². The first-order chi connectivity index (χ1) is 13.7.